The third-order valence-electron chi connectivity index (χ3n) is 3.38. The second-order valence-electron chi connectivity index (χ2n) is 4.95. The summed E-state index contributed by atoms with van der Waals surface area (Å²) in [5, 5.41) is 0. The zero-order valence-electron chi connectivity index (χ0n) is 14.1. The van der Waals surface area contributed by atoms with Gasteiger partial charge in [-0.3, -0.25) is 4.79 Å². The monoisotopic (exact) mass is 305 g/mol. The number of benzene rings is 1. The van der Waals surface area contributed by atoms with Crippen LogP contribution in [-0.4, -0.2) is 37.6 Å². The molecule has 4 nitrogen and oxygen atoms in total. The number of carbonyl (C=O) groups is 1. The summed E-state index contributed by atoms with van der Waals surface area (Å²) >= 11 is 0. The molecular weight excluding hydrogens is 278 g/mol. The molecule has 0 aliphatic heterocycles. The SMILES string of the molecule is CCCCN(CC)C(=O)/C=C/c1ccc(OCC)c(OC)c1. The van der Waals surface area contributed by atoms with E-state index < -0.39 is 0 Å². The molecule has 4 heteroatoms. The molecule has 0 heterocycles. The van der Waals surface area contributed by atoms with Crippen LogP contribution in [0, 0.1) is 0 Å². The van der Waals surface area contributed by atoms with Crippen LogP contribution in [0.3, 0.4) is 0 Å². The third-order valence-corrected chi connectivity index (χ3v) is 3.38. The Morgan fingerprint density at radius 2 is 2.00 bits per heavy atom. The topological polar surface area (TPSA) is 38.8 Å². The highest BCUT2D eigenvalue weighted by Crippen LogP contribution is 2.28. The Labute approximate surface area is 133 Å². The first-order chi connectivity index (χ1) is 10.7. The first-order valence-electron chi connectivity index (χ1n) is 7.94. The van der Waals surface area contributed by atoms with Crippen molar-refractivity contribution in [1.82, 2.24) is 4.90 Å². The molecule has 0 unspecified atom stereocenters. The first kappa shape index (κ1) is 18.1. The van der Waals surface area contributed by atoms with E-state index in [1.807, 2.05) is 43.0 Å². The maximum Gasteiger partial charge on any atom is 0.246 e. The van der Waals surface area contributed by atoms with Gasteiger partial charge in [0.15, 0.2) is 11.5 Å². The largest absolute Gasteiger partial charge is 0.493 e. The number of hydrogen-bond acceptors (Lipinski definition) is 3. The fourth-order valence-corrected chi connectivity index (χ4v) is 2.11. The minimum absolute atomic E-state index is 0.0452. The van der Waals surface area contributed by atoms with Gasteiger partial charge >= 0.3 is 0 Å². The smallest absolute Gasteiger partial charge is 0.246 e. The van der Waals surface area contributed by atoms with Gasteiger partial charge in [-0.15, -0.1) is 0 Å². The maximum absolute atomic E-state index is 12.2. The van der Waals surface area contributed by atoms with Crippen LogP contribution in [0.15, 0.2) is 24.3 Å². The van der Waals surface area contributed by atoms with Crippen molar-refractivity contribution in [2.24, 2.45) is 0 Å². The van der Waals surface area contributed by atoms with Crippen molar-refractivity contribution in [2.75, 3.05) is 26.8 Å². The molecule has 0 saturated heterocycles. The zero-order valence-corrected chi connectivity index (χ0v) is 14.1. The second-order valence-corrected chi connectivity index (χ2v) is 4.95. The lowest BCUT2D eigenvalue weighted by atomic mass is 10.2. The number of unbranched alkanes of at least 4 members (excludes halogenated alkanes) is 1. The van der Waals surface area contributed by atoms with Gasteiger partial charge in [0.05, 0.1) is 13.7 Å². The molecule has 0 N–H and O–H groups in total. The van der Waals surface area contributed by atoms with Crippen LogP contribution in [0.1, 0.15) is 39.2 Å². The van der Waals surface area contributed by atoms with Gasteiger partial charge in [-0.2, -0.15) is 0 Å². The Hall–Kier alpha value is -1.97. The molecule has 1 aromatic rings. The number of rotatable bonds is 9. The first-order valence-corrected chi connectivity index (χ1v) is 7.94. The number of carbonyl (C=O) groups excluding carboxylic acids is 1. The van der Waals surface area contributed by atoms with Crippen molar-refractivity contribution < 1.29 is 14.3 Å². The van der Waals surface area contributed by atoms with Gasteiger partial charge in [0, 0.05) is 19.2 Å². The van der Waals surface area contributed by atoms with Gasteiger partial charge in [-0.25, -0.2) is 0 Å². The molecule has 0 spiro atoms. The molecule has 0 aliphatic carbocycles. The summed E-state index contributed by atoms with van der Waals surface area (Å²) < 4.78 is 10.8. The highest BCUT2D eigenvalue weighted by Gasteiger charge is 2.08. The Morgan fingerprint density at radius 3 is 2.59 bits per heavy atom. The predicted molar refractivity (Wildman–Crippen MR) is 90.4 cm³/mol. The van der Waals surface area contributed by atoms with Gasteiger partial charge in [0.25, 0.3) is 0 Å². The lowest BCUT2D eigenvalue weighted by Gasteiger charge is -2.18. The van der Waals surface area contributed by atoms with E-state index in [0.29, 0.717) is 18.1 Å². The van der Waals surface area contributed by atoms with E-state index in [-0.39, 0.29) is 5.91 Å². The molecule has 22 heavy (non-hydrogen) atoms. The van der Waals surface area contributed by atoms with Crippen molar-refractivity contribution in [3.05, 3.63) is 29.8 Å². The fourth-order valence-electron chi connectivity index (χ4n) is 2.11. The summed E-state index contributed by atoms with van der Waals surface area (Å²) in [6, 6.07) is 5.65. The van der Waals surface area contributed by atoms with Crippen LogP contribution in [0.5, 0.6) is 11.5 Å². The number of hydrogen-bond donors (Lipinski definition) is 0. The lowest BCUT2D eigenvalue weighted by molar-refractivity contribution is -0.125. The van der Waals surface area contributed by atoms with E-state index in [4.69, 9.17) is 9.47 Å². The molecule has 1 amide bonds. The number of likely N-dealkylation sites (N-methyl/N-ethyl adjacent to an activating group) is 1. The normalized spacial score (nSPS) is 10.7. The maximum atomic E-state index is 12.2. The molecule has 1 aromatic carbocycles. The Kier molecular flexibility index (Phi) is 8.11. The lowest BCUT2D eigenvalue weighted by Crippen LogP contribution is -2.30. The summed E-state index contributed by atoms with van der Waals surface area (Å²) in [4.78, 5) is 14.0. The molecule has 0 fully saturated rings. The van der Waals surface area contributed by atoms with Gasteiger partial charge < -0.3 is 14.4 Å². The zero-order chi connectivity index (χ0) is 16.4. The number of amides is 1. The van der Waals surface area contributed by atoms with Crippen LogP contribution in [0.25, 0.3) is 6.08 Å². The summed E-state index contributed by atoms with van der Waals surface area (Å²) in [6.45, 7) is 8.19. The number of nitrogens with zero attached hydrogens (tertiary/aromatic N) is 1. The van der Waals surface area contributed by atoms with E-state index in [2.05, 4.69) is 6.92 Å². The highest BCUT2D eigenvalue weighted by atomic mass is 16.5. The quantitative estimate of drug-likeness (QED) is 0.652. The molecule has 0 aliphatic rings. The molecular formula is C18H27NO3. The van der Waals surface area contributed by atoms with Gasteiger partial charge in [0.1, 0.15) is 0 Å². The summed E-state index contributed by atoms with van der Waals surface area (Å²) in [5.74, 6) is 1.44. The van der Waals surface area contributed by atoms with E-state index in [1.165, 1.54) is 0 Å². The van der Waals surface area contributed by atoms with E-state index in [1.54, 1.807) is 13.2 Å². The number of ether oxygens (including phenoxy) is 2. The van der Waals surface area contributed by atoms with Crippen LogP contribution >= 0.6 is 0 Å². The average Bonchev–Trinajstić information content (AvgIpc) is 2.54. The van der Waals surface area contributed by atoms with Crippen LogP contribution in [0.4, 0.5) is 0 Å². The highest BCUT2D eigenvalue weighted by molar-refractivity contribution is 5.91. The Bertz CT molecular complexity index is 497. The van der Waals surface area contributed by atoms with Gasteiger partial charge in [-0.05, 0) is 44.0 Å². The minimum Gasteiger partial charge on any atom is -0.493 e. The standard InChI is InChI=1S/C18H27NO3/c1-5-8-13-19(6-2)18(20)12-10-15-9-11-16(22-7-3)17(14-15)21-4/h9-12,14H,5-8,13H2,1-4H3/b12-10+. The van der Waals surface area contributed by atoms with Crippen LogP contribution in [0.2, 0.25) is 0 Å². The van der Waals surface area contributed by atoms with Gasteiger partial charge in [0.2, 0.25) is 5.91 Å². The van der Waals surface area contributed by atoms with Crippen molar-refractivity contribution in [3.63, 3.8) is 0 Å². The van der Waals surface area contributed by atoms with Crippen molar-refractivity contribution >= 4 is 12.0 Å². The minimum atomic E-state index is 0.0452. The molecule has 0 aromatic heterocycles. The van der Waals surface area contributed by atoms with E-state index in [0.717, 1.165) is 31.5 Å². The third kappa shape index (κ3) is 5.43. The predicted octanol–water partition coefficient (Wildman–Crippen LogP) is 3.76. The number of methoxy groups -OCH3 is 1. The van der Waals surface area contributed by atoms with Gasteiger partial charge in [-0.1, -0.05) is 19.4 Å². The van der Waals surface area contributed by atoms with Crippen molar-refractivity contribution in [3.8, 4) is 11.5 Å². The van der Waals surface area contributed by atoms with Crippen LogP contribution in [-0.2, 0) is 4.79 Å². The molecule has 122 valence electrons. The van der Waals surface area contributed by atoms with E-state index >= 15 is 0 Å². The molecule has 1 rings (SSSR count). The summed E-state index contributed by atoms with van der Waals surface area (Å²) in [6.07, 6.45) is 5.55. The fraction of sp³-hybridized carbons (Fsp3) is 0.500. The molecule has 0 atom stereocenters. The summed E-state index contributed by atoms with van der Waals surface area (Å²) in [5.41, 5.74) is 0.917. The van der Waals surface area contributed by atoms with E-state index in [9.17, 15) is 4.79 Å². The average molecular weight is 305 g/mol. The molecule has 0 radical (unpaired) electrons. The Balaban J connectivity index is 2.78. The Morgan fingerprint density at radius 1 is 1.23 bits per heavy atom. The van der Waals surface area contributed by atoms with Crippen LogP contribution < -0.4 is 9.47 Å². The second kappa shape index (κ2) is 9.87. The van der Waals surface area contributed by atoms with Crippen molar-refractivity contribution in [2.45, 2.75) is 33.6 Å². The molecule has 0 bridgehead atoms. The summed E-state index contributed by atoms with van der Waals surface area (Å²) in [7, 11) is 1.61. The molecule has 0 saturated carbocycles. The van der Waals surface area contributed by atoms with Crippen molar-refractivity contribution in [1.29, 1.82) is 0 Å².